The normalized spacial score (nSPS) is 11.3. The number of carbonyl (C=O) groups excluding carboxylic acids is 2. The van der Waals surface area contributed by atoms with Crippen LogP contribution in [-0.4, -0.2) is 50.3 Å². The van der Waals surface area contributed by atoms with Gasteiger partial charge in [0.2, 0.25) is 0 Å². The van der Waals surface area contributed by atoms with Crippen LogP contribution in [0.25, 0.3) is 0 Å². The average molecular weight is 417 g/mol. The number of hydrogen-bond donors (Lipinski definition) is 2. The van der Waals surface area contributed by atoms with E-state index in [1.54, 1.807) is 24.3 Å². The third kappa shape index (κ3) is 5.92. The predicted octanol–water partition coefficient (Wildman–Crippen LogP) is 2.85. The summed E-state index contributed by atoms with van der Waals surface area (Å²) in [6.07, 6.45) is -1.14. The van der Waals surface area contributed by atoms with E-state index in [1.165, 1.54) is 33.3 Å². The molecule has 0 aliphatic carbocycles. The van der Waals surface area contributed by atoms with E-state index in [0.717, 1.165) is 6.07 Å². The van der Waals surface area contributed by atoms with Gasteiger partial charge in [-0.05, 0) is 31.2 Å². The molecule has 10 nitrogen and oxygen atoms in total. The monoisotopic (exact) mass is 417 g/mol. The number of nitrogens with one attached hydrogen (secondary N) is 2. The van der Waals surface area contributed by atoms with Crippen LogP contribution in [0.15, 0.2) is 42.5 Å². The first-order valence-electron chi connectivity index (χ1n) is 9.03. The molecule has 0 radical (unpaired) electrons. The highest BCUT2D eigenvalue weighted by molar-refractivity contribution is 5.98. The summed E-state index contributed by atoms with van der Waals surface area (Å²) >= 11 is 0. The third-order valence-corrected chi connectivity index (χ3v) is 4.07. The van der Waals surface area contributed by atoms with Gasteiger partial charge in [0.25, 0.3) is 11.6 Å². The van der Waals surface area contributed by atoms with Crippen LogP contribution >= 0.6 is 0 Å². The van der Waals surface area contributed by atoms with Gasteiger partial charge in [0.15, 0.2) is 6.10 Å². The molecule has 0 fully saturated rings. The van der Waals surface area contributed by atoms with Crippen LogP contribution in [0.1, 0.15) is 17.3 Å². The average Bonchev–Trinajstić information content (AvgIpc) is 2.74. The molecule has 1 atom stereocenters. The van der Waals surface area contributed by atoms with Gasteiger partial charge < -0.3 is 24.8 Å². The van der Waals surface area contributed by atoms with Crippen LogP contribution in [0, 0.1) is 10.1 Å². The standard InChI is InChI=1S/C20H23N3O7/c1-13(19(24)22-16-6-4-5-7-18(16)29-3)30-20(25)14-8-9-15(21-10-11-28-2)17(12-14)23(26)27/h4-9,12-13,21H,10-11H2,1-3H3,(H,22,24)/t13-/m0/s1. The smallest absolute Gasteiger partial charge is 0.339 e. The van der Waals surface area contributed by atoms with Gasteiger partial charge in [0, 0.05) is 19.7 Å². The lowest BCUT2D eigenvalue weighted by Gasteiger charge is -2.15. The summed E-state index contributed by atoms with van der Waals surface area (Å²) < 4.78 is 15.2. The van der Waals surface area contributed by atoms with E-state index in [4.69, 9.17) is 14.2 Å². The molecule has 30 heavy (non-hydrogen) atoms. The zero-order chi connectivity index (χ0) is 22.1. The molecule has 0 aliphatic rings. The van der Waals surface area contributed by atoms with E-state index in [9.17, 15) is 19.7 Å². The van der Waals surface area contributed by atoms with Gasteiger partial charge in [-0.3, -0.25) is 14.9 Å². The van der Waals surface area contributed by atoms with Gasteiger partial charge in [-0.15, -0.1) is 0 Å². The summed E-state index contributed by atoms with van der Waals surface area (Å²) in [6.45, 7) is 2.12. The van der Waals surface area contributed by atoms with Gasteiger partial charge in [-0.1, -0.05) is 12.1 Å². The van der Waals surface area contributed by atoms with Crippen molar-refractivity contribution in [2.45, 2.75) is 13.0 Å². The molecule has 0 saturated heterocycles. The van der Waals surface area contributed by atoms with Gasteiger partial charge in [-0.2, -0.15) is 0 Å². The van der Waals surface area contributed by atoms with Gasteiger partial charge >= 0.3 is 5.97 Å². The minimum Gasteiger partial charge on any atom is -0.495 e. The first kappa shape index (κ1) is 22.6. The quantitative estimate of drug-likeness (QED) is 0.261. The van der Waals surface area contributed by atoms with Crippen molar-refractivity contribution in [1.82, 2.24) is 0 Å². The molecule has 160 valence electrons. The van der Waals surface area contributed by atoms with Crippen LogP contribution in [-0.2, 0) is 14.3 Å². The summed E-state index contributed by atoms with van der Waals surface area (Å²) in [4.78, 5) is 35.5. The maximum absolute atomic E-state index is 12.4. The predicted molar refractivity (Wildman–Crippen MR) is 110 cm³/mol. The number of ether oxygens (including phenoxy) is 3. The second-order valence-electron chi connectivity index (χ2n) is 6.15. The van der Waals surface area contributed by atoms with Gasteiger partial charge in [0.05, 0.1) is 29.9 Å². The van der Waals surface area contributed by atoms with Crippen molar-refractivity contribution in [2.24, 2.45) is 0 Å². The number of hydrogen-bond acceptors (Lipinski definition) is 8. The van der Waals surface area contributed by atoms with Crippen LogP contribution < -0.4 is 15.4 Å². The minimum absolute atomic E-state index is 0.0454. The van der Waals surface area contributed by atoms with Crippen LogP contribution in [0.5, 0.6) is 5.75 Å². The number of carbonyl (C=O) groups is 2. The van der Waals surface area contributed by atoms with Crippen molar-refractivity contribution in [2.75, 3.05) is 38.0 Å². The number of rotatable bonds is 10. The van der Waals surface area contributed by atoms with E-state index >= 15 is 0 Å². The molecule has 2 N–H and O–H groups in total. The van der Waals surface area contributed by atoms with Crippen LogP contribution in [0.4, 0.5) is 17.1 Å². The molecular weight excluding hydrogens is 394 g/mol. The van der Waals surface area contributed by atoms with Crippen molar-refractivity contribution in [3.8, 4) is 5.75 Å². The Labute approximate surface area is 173 Å². The Morgan fingerprint density at radius 3 is 2.53 bits per heavy atom. The number of anilines is 2. The van der Waals surface area contributed by atoms with Gasteiger partial charge in [-0.25, -0.2) is 4.79 Å². The van der Waals surface area contributed by atoms with E-state index in [-0.39, 0.29) is 16.9 Å². The van der Waals surface area contributed by atoms with E-state index in [1.807, 2.05) is 0 Å². The summed E-state index contributed by atoms with van der Waals surface area (Å²) in [5.41, 5.74) is 0.341. The number of esters is 1. The summed E-state index contributed by atoms with van der Waals surface area (Å²) in [6, 6.07) is 10.7. The number of amides is 1. The summed E-state index contributed by atoms with van der Waals surface area (Å²) in [5, 5.41) is 16.8. The van der Waals surface area contributed by atoms with Gasteiger partial charge in [0.1, 0.15) is 11.4 Å². The van der Waals surface area contributed by atoms with Crippen molar-refractivity contribution >= 4 is 28.9 Å². The first-order chi connectivity index (χ1) is 14.4. The number of para-hydroxylation sites is 2. The zero-order valence-corrected chi connectivity index (χ0v) is 16.8. The van der Waals surface area contributed by atoms with Crippen LogP contribution in [0.2, 0.25) is 0 Å². The Kier molecular flexibility index (Phi) is 8.12. The highest BCUT2D eigenvalue weighted by Gasteiger charge is 2.23. The summed E-state index contributed by atoms with van der Waals surface area (Å²) in [5.74, 6) is -0.971. The number of benzene rings is 2. The largest absolute Gasteiger partial charge is 0.495 e. The number of nitrogens with zero attached hydrogens (tertiary/aromatic N) is 1. The highest BCUT2D eigenvalue weighted by Crippen LogP contribution is 2.26. The number of methoxy groups -OCH3 is 2. The van der Waals surface area contributed by atoms with E-state index in [0.29, 0.717) is 24.6 Å². The molecule has 0 heterocycles. The van der Waals surface area contributed by atoms with Crippen molar-refractivity contribution < 1.29 is 28.7 Å². The Balaban J connectivity index is 2.07. The molecule has 0 saturated carbocycles. The van der Waals surface area contributed by atoms with Crippen molar-refractivity contribution in [3.05, 3.63) is 58.1 Å². The lowest BCUT2D eigenvalue weighted by Crippen LogP contribution is -2.30. The maximum Gasteiger partial charge on any atom is 0.339 e. The second-order valence-corrected chi connectivity index (χ2v) is 6.15. The van der Waals surface area contributed by atoms with E-state index in [2.05, 4.69) is 10.6 Å². The fourth-order valence-electron chi connectivity index (χ4n) is 2.51. The maximum atomic E-state index is 12.4. The molecule has 0 unspecified atom stereocenters. The Bertz CT molecular complexity index is 917. The summed E-state index contributed by atoms with van der Waals surface area (Å²) in [7, 11) is 2.98. The third-order valence-electron chi connectivity index (χ3n) is 4.07. The van der Waals surface area contributed by atoms with Crippen molar-refractivity contribution in [3.63, 3.8) is 0 Å². The molecule has 2 rings (SSSR count). The zero-order valence-electron chi connectivity index (χ0n) is 16.8. The molecular formula is C20H23N3O7. The van der Waals surface area contributed by atoms with Crippen LogP contribution in [0.3, 0.4) is 0 Å². The molecule has 0 aromatic heterocycles. The molecule has 0 spiro atoms. The molecule has 10 heteroatoms. The first-order valence-corrected chi connectivity index (χ1v) is 9.03. The molecule has 0 aliphatic heterocycles. The molecule has 0 bridgehead atoms. The van der Waals surface area contributed by atoms with E-state index < -0.39 is 22.9 Å². The Morgan fingerprint density at radius 1 is 1.13 bits per heavy atom. The Morgan fingerprint density at radius 2 is 1.87 bits per heavy atom. The fourth-order valence-corrected chi connectivity index (χ4v) is 2.51. The minimum atomic E-state index is -1.14. The Hall–Kier alpha value is -3.66. The highest BCUT2D eigenvalue weighted by atomic mass is 16.6. The molecule has 2 aromatic rings. The second kappa shape index (κ2) is 10.8. The SMILES string of the molecule is COCCNc1ccc(C(=O)O[C@@H](C)C(=O)Nc2ccccc2OC)cc1[N+](=O)[O-]. The topological polar surface area (TPSA) is 129 Å². The number of nitro benzene ring substituents is 1. The number of nitro groups is 1. The fraction of sp³-hybridized carbons (Fsp3) is 0.300. The lowest BCUT2D eigenvalue weighted by molar-refractivity contribution is -0.384. The van der Waals surface area contributed by atoms with Crippen molar-refractivity contribution in [1.29, 1.82) is 0 Å². The molecule has 1 amide bonds. The lowest BCUT2D eigenvalue weighted by atomic mass is 10.1. The molecule has 2 aromatic carbocycles.